The van der Waals surface area contributed by atoms with E-state index in [0.717, 1.165) is 16.8 Å². The van der Waals surface area contributed by atoms with E-state index >= 15 is 0 Å². The molecule has 0 radical (unpaired) electrons. The molecule has 0 spiro atoms. The predicted octanol–water partition coefficient (Wildman–Crippen LogP) is 2.45. The van der Waals surface area contributed by atoms with Gasteiger partial charge in [0, 0.05) is 29.9 Å². The number of nitrogens with zero attached hydrogens (tertiary/aromatic N) is 4. The molecule has 2 atom stereocenters. The maximum absolute atomic E-state index is 12.1. The van der Waals surface area contributed by atoms with Crippen LogP contribution in [0.5, 0.6) is 0 Å². The van der Waals surface area contributed by atoms with Crippen LogP contribution in [0.15, 0.2) is 24.7 Å². The van der Waals surface area contributed by atoms with Crippen molar-refractivity contribution < 1.29 is 4.79 Å². The van der Waals surface area contributed by atoms with Gasteiger partial charge in [-0.05, 0) is 31.4 Å². The highest BCUT2D eigenvalue weighted by molar-refractivity contribution is 5.78. The molecule has 2 heterocycles. The van der Waals surface area contributed by atoms with Gasteiger partial charge in [-0.15, -0.1) is 5.10 Å². The monoisotopic (exact) mass is 315 g/mol. The van der Waals surface area contributed by atoms with Crippen LogP contribution < -0.4 is 5.32 Å². The third-order valence-electron chi connectivity index (χ3n) is 3.97. The SMILES string of the molecule is Cc1cncc(-c2cn(C[C@@H](C)NC(=O)C(C)C(C)C)nn2)c1. The zero-order valence-corrected chi connectivity index (χ0v) is 14.4. The van der Waals surface area contributed by atoms with Crippen LogP contribution in [-0.4, -0.2) is 31.9 Å². The number of hydrogen-bond acceptors (Lipinski definition) is 4. The van der Waals surface area contributed by atoms with Gasteiger partial charge < -0.3 is 5.32 Å². The Bertz CT molecular complexity index is 665. The molecule has 0 saturated carbocycles. The van der Waals surface area contributed by atoms with Gasteiger partial charge in [-0.1, -0.05) is 26.0 Å². The lowest BCUT2D eigenvalue weighted by Crippen LogP contribution is -2.40. The molecular formula is C17H25N5O. The number of aryl methyl sites for hydroxylation is 1. The minimum absolute atomic E-state index is 0.00197. The van der Waals surface area contributed by atoms with E-state index in [1.165, 1.54) is 0 Å². The van der Waals surface area contributed by atoms with E-state index < -0.39 is 0 Å². The van der Waals surface area contributed by atoms with Crippen LogP contribution in [0.1, 0.15) is 33.3 Å². The molecule has 0 bridgehead atoms. The first-order valence-electron chi connectivity index (χ1n) is 7.99. The van der Waals surface area contributed by atoms with Crippen molar-refractivity contribution in [1.29, 1.82) is 0 Å². The zero-order valence-electron chi connectivity index (χ0n) is 14.4. The number of carbonyl (C=O) groups excluding carboxylic acids is 1. The molecule has 23 heavy (non-hydrogen) atoms. The fourth-order valence-corrected chi connectivity index (χ4v) is 2.22. The van der Waals surface area contributed by atoms with Crippen LogP contribution in [0.2, 0.25) is 0 Å². The molecule has 0 aromatic carbocycles. The molecule has 2 aromatic rings. The third kappa shape index (κ3) is 4.61. The van der Waals surface area contributed by atoms with Crippen LogP contribution in [0.3, 0.4) is 0 Å². The normalized spacial score (nSPS) is 13.8. The van der Waals surface area contributed by atoms with E-state index in [-0.39, 0.29) is 17.9 Å². The molecule has 2 rings (SSSR count). The second-order valence-electron chi connectivity index (χ2n) is 6.52. The predicted molar refractivity (Wildman–Crippen MR) is 89.6 cm³/mol. The molecule has 0 aliphatic heterocycles. The molecule has 2 aromatic heterocycles. The van der Waals surface area contributed by atoms with Crippen molar-refractivity contribution >= 4 is 5.91 Å². The third-order valence-corrected chi connectivity index (χ3v) is 3.97. The molecule has 0 aliphatic rings. The minimum Gasteiger partial charge on any atom is -0.352 e. The van der Waals surface area contributed by atoms with Crippen molar-refractivity contribution in [3.8, 4) is 11.3 Å². The number of aromatic nitrogens is 4. The highest BCUT2D eigenvalue weighted by atomic mass is 16.1. The Balaban J connectivity index is 1.97. The Morgan fingerprint density at radius 1 is 1.26 bits per heavy atom. The van der Waals surface area contributed by atoms with Crippen molar-refractivity contribution in [1.82, 2.24) is 25.3 Å². The summed E-state index contributed by atoms with van der Waals surface area (Å²) in [6.07, 6.45) is 5.46. The van der Waals surface area contributed by atoms with Crippen LogP contribution in [0.25, 0.3) is 11.3 Å². The fourth-order valence-electron chi connectivity index (χ4n) is 2.22. The van der Waals surface area contributed by atoms with Gasteiger partial charge in [0.2, 0.25) is 5.91 Å². The molecule has 1 unspecified atom stereocenters. The van der Waals surface area contributed by atoms with Crippen molar-refractivity contribution in [2.45, 2.75) is 47.2 Å². The van der Waals surface area contributed by atoms with Crippen LogP contribution >= 0.6 is 0 Å². The lowest BCUT2D eigenvalue weighted by atomic mass is 9.97. The van der Waals surface area contributed by atoms with Gasteiger partial charge in [0.25, 0.3) is 0 Å². The summed E-state index contributed by atoms with van der Waals surface area (Å²) in [6, 6.07) is 2.02. The maximum atomic E-state index is 12.1. The quantitative estimate of drug-likeness (QED) is 0.888. The summed E-state index contributed by atoms with van der Waals surface area (Å²) in [5.74, 6) is 0.409. The first-order valence-corrected chi connectivity index (χ1v) is 7.99. The standard InChI is InChI=1S/C17H25N5O/c1-11(2)14(5)17(23)19-13(4)9-22-10-16(20-21-22)15-6-12(3)7-18-8-15/h6-8,10-11,13-14H,9H2,1-5H3,(H,19,23)/t13-,14?/m1/s1. The Morgan fingerprint density at radius 2 is 2.00 bits per heavy atom. The Labute approximate surface area is 137 Å². The van der Waals surface area contributed by atoms with E-state index in [0.29, 0.717) is 12.5 Å². The van der Waals surface area contributed by atoms with Crippen LogP contribution in [-0.2, 0) is 11.3 Å². The number of pyridine rings is 1. The van der Waals surface area contributed by atoms with E-state index in [4.69, 9.17) is 0 Å². The van der Waals surface area contributed by atoms with Gasteiger partial charge in [0.15, 0.2) is 0 Å². The average Bonchev–Trinajstić information content (AvgIpc) is 2.94. The second-order valence-corrected chi connectivity index (χ2v) is 6.52. The average molecular weight is 315 g/mol. The second kappa shape index (κ2) is 7.35. The number of hydrogen-bond donors (Lipinski definition) is 1. The summed E-state index contributed by atoms with van der Waals surface area (Å²) in [6.45, 7) is 10.6. The smallest absolute Gasteiger partial charge is 0.223 e. The Morgan fingerprint density at radius 3 is 2.65 bits per heavy atom. The summed E-state index contributed by atoms with van der Waals surface area (Å²) in [5, 5.41) is 11.3. The van der Waals surface area contributed by atoms with Gasteiger partial charge in [-0.25, -0.2) is 4.68 Å². The molecule has 0 aliphatic carbocycles. The zero-order chi connectivity index (χ0) is 17.0. The summed E-state index contributed by atoms with van der Waals surface area (Å²) in [4.78, 5) is 16.3. The first-order chi connectivity index (χ1) is 10.9. The van der Waals surface area contributed by atoms with E-state index in [1.54, 1.807) is 17.1 Å². The van der Waals surface area contributed by atoms with Crippen LogP contribution in [0, 0.1) is 18.8 Å². The summed E-state index contributed by atoms with van der Waals surface area (Å²) >= 11 is 0. The Hall–Kier alpha value is -2.24. The van der Waals surface area contributed by atoms with Gasteiger partial charge in [0.05, 0.1) is 12.7 Å². The topological polar surface area (TPSA) is 72.7 Å². The Kier molecular flexibility index (Phi) is 5.47. The molecular weight excluding hydrogens is 290 g/mol. The largest absolute Gasteiger partial charge is 0.352 e. The van der Waals surface area contributed by atoms with Crippen molar-refractivity contribution in [3.63, 3.8) is 0 Å². The maximum Gasteiger partial charge on any atom is 0.223 e. The minimum atomic E-state index is -0.00566. The summed E-state index contributed by atoms with van der Waals surface area (Å²) in [5.41, 5.74) is 2.82. The molecule has 6 nitrogen and oxygen atoms in total. The van der Waals surface area contributed by atoms with E-state index in [2.05, 4.69) is 34.5 Å². The summed E-state index contributed by atoms with van der Waals surface area (Å²) < 4.78 is 1.75. The highest BCUT2D eigenvalue weighted by Crippen LogP contribution is 2.16. The lowest BCUT2D eigenvalue weighted by Gasteiger charge is -2.19. The molecule has 6 heteroatoms. The molecule has 0 fully saturated rings. The summed E-state index contributed by atoms with van der Waals surface area (Å²) in [7, 11) is 0. The van der Waals surface area contributed by atoms with Gasteiger partial charge in [-0.3, -0.25) is 9.78 Å². The molecule has 0 saturated heterocycles. The molecule has 1 N–H and O–H groups in total. The first kappa shape index (κ1) is 17.1. The van der Waals surface area contributed by atoms with E-state index in [1.807, 2.05) is 33.0 Å². The van der Waals surface area contributed by atoms with Crippen molar-refractivity contribution in [2.24, 2.45) is 11.8 Å². The highest BCUT2D eigenvalue weighted by Gasteiger charge is 2.18. The van der Waals surface area contributed by atoms with Gasteiger partial charge in [-0.2, -0.15) is 0 Å². The number of carbonyl (C=O) groups is 1. The number of amides is 1. The van der Waals surface area contributed by atoms with Crippen molar-refractivity contribution in [2.75, 3.05) is 0 Å². The molecule has 124 valence electrons. The number of nitrogens with one attached hydrogen (secondary N) is 1. The van der Waals surface area contributed by atoms with Crippen molar-refractivity contribution in [3.05, 3.63) is 30.2 Å². The number of rotatable bonds is 6. The van der Waals surface area contributed by atoms with E-state index in [9.17, 15) is 4.79 Å². The van der Waals surface area contributed by atoms with Gasteiger partial charge in [0.1, 0.15) is 5.69 Å². The van der Waals surface area contributed by atoms with Gasteiger partial charge >= 0.3 is 0 Å². The van der Waals surface area contributed by atoms with Crippen LogP contribution in [0.4, 0.5) is 0 Å². The fraction of sp³-hybridized carbons (Fsp3) is 0.529. The molecule has 1 amide bonds. The lowest BCUT2D eigenvalue weighted by molar-refractivity contribution is -0.126.